The molecular weight excluding hydrogens is 409 g/mol. The van der Waals surface area contributed by atoms with Crippen LogP contribution in [0.1, 0.15) is 11.1 Å². The van der Waals surface area contributed by atoms with Gasteiger partial charge >= 0.3 is 5.03 Å². The molecule has 0 aliphatic heterocycles. The molecule has 2 aromatic rings. The minimum Gasteiger partial charge on any atom is -0.493 e. The number of hydrogen-bond donors (Lipinski definition) is 0. The van der Waals surface area contributed by atoms with Crippen LogP contribution in [0.25, 0.3) is 6.08 Å². The summed E-state index contributed by atoms with van der Waals surface area (Å²) in [4.78, 5) is 10.2. The second kappa shape index (κ2) is 8.91. The van der Waals surface area contributed by atoms with Gasteiger partial charge < -0.3 is 9.47 Å². The van der Waals surface area contributed by atoms with E-state index in [1.807, 2.05) is 0 Å². The lowest BCUT2D eigenvalue weighted by atomic mass is 10.1. The maximum atomic E-state index is 13.7. The zero-order chi connectivity index (χ0) is 21.0. The van der Waals surface area contributed by atoms with Gasteiger partial charge in [0.25, 0.3) is 0 Å². The largest absolute Gasteiger partial charge is 0.493 e. The lowest BCUT2D eigenvalue weighted by molar-refractivity contribution is -0.408. The summed E-state index contributed by atoms with van der Waals surface area (Å²) in [6, 6.07) is 4.65. The Morgan fingerprint density at radius 2 is 1.54 bits per heavy atom. The molecule has 2 rings (SSSR count). The predicted octanol–water partition coefficient (Wildman–Crippen LogP) is 4.91. The van der Waals surface area contributed by atoms with Crippen LogP contribution in [-0.2, 0) is 5.75 Å². The van der Waals surface area contributed by atoms with Gasteiger partial charge in [0, 0.05) is 11.8 Å². The lowest BCUT2D eigenvalue weighted by Gasteiger charge is -2.09. The molecule has 0 saturated heterocycles. The fourth-order valence-electron chi connectivity index (χ4n) is 2.15. The van der Waals surface area contributed by atoms with Gasteiger partial charge in [0.1, 0.15) is 0 Å². The summed E-state index contributed by atoms with van der Waals surface area (Å²) in [5, 5.41) is 10.4. The van der Waals surface area contributed by atoms with E-state index in [1.165, 1.54) is 20.3 Å². The number of nitro groups is 1. The van der Waals surface area contributed by atoms with E-state index >= 15 is 0 Å². The summed E-state index contributed by atoms with van der Waals surface area (Å²) in [7, 11) is 2.81. The van der Waals surface area contributed by atoms with Gasteiger partial charge in [-0.05, 0) is 29.5 Å². The molecule has 0 atom stereocenters. The van der Waals surface area contributed by atoms with E-state index in [2.05, 4.69) is 0 Å². The number of halogens is 5. The molecule has 0 fully saturated rings. The van der Waals surface area contributed by atoms with Crippen LogP contribution in [-0.4, -0.2) is 19.1 Å². The Balaban J connectivity index is 2.37. The molecule has 0 heterocycles. The van der Waals surface area contributed by atoms with Crippen molar-refractivity contribution in [3.05, 3.63) is 73.6 Å². The van der Waals surface area contributed by atoms with E-state index in [9.17, 15) is 32.1 Å². The predicted molar refractivity (Wildman–Crippen MR) is 92.0 cm³/mol. The molecule has 0 unspecified atom stereocenters. The second-order valence-corrected chi connectivity index (χ2v) is 6.20. The van der Waals surface area contributed by atoms with Gasteiger partial charge in [-0.25, -0.2) is 22.0 Å². The molecule has 0 bridgehead atoms. The highest BCUT2D eigenvalue weighted by Crippen LogP contribution is 2.32. The van der Waals surface area contributed by atoms with Crippen molar-refractivity contribution >= 4 is 17.8 Å². The summed E-state index contributed by atoms with van der Waals surface area (Å²) in [5.41, 5.74) is -0.851. The third-order valence-electron chi connectivity index (χ3n) is 3.53. The van der Waals surface area contributed by atoms with Gasteiger partial charge in [-0.2, -0.15) is 0 Å². The van der Waals surface area contributed by atoms with Crippen LogP contribution in [0.5, 0.6) is 11.5 Å². The molecule has 0 saturated carbocycles. The average Bonchev–Trinajstić information content (AvgIpc) is 2.69. The van der Waals surface area contributed by atoms with Crippen LogP contribution in [0.4, 0.5) is 22.0 Å². The van der Waals surface area contributed by atoms with Gasteiger partial charge in [-0.1, -0.05) is 6.07 Å². The van der Waals surface area contributed by atoms with Crippen LogP contribution in [0.15, 0.2) is 23.2 Å². The normalized spacial score (nSPS) is 11.5. The van der Waals surface area contributed by atoms with Crippen molar-refractivity contribution in [3.63, 3.8) is 0 Å². The third-order valence-corrected chi connectivity index (χ3v) is 4.57. The topological polar surface area (TPSA) is 61.6 Å². The summed E-state index contributed by atoms with van der Waals surface area (Å²) in [6.07, 6.45) is 0.307. The molecule has 5 nitrogen and oxygen atoms in total. The van der Waals surface area contributed by atoms with Crippen molar-refractivity contribution in [2.75, 3.05) is 14.2 Å². The highest BCUT2D eigenvalue weighted by Gasteiger charge is 2.26. The quantitative estimate of drug-likeness (QED) is 0.209. The molecule has 0 aromatic heterocycles. The van der Waals surface area contributed by atoms with Crippen molar-refractivity contribution in [2.45, 2.75) is 5.75 Å². The van der Waals surface area contributed by atoms with Crippen LogP contribution < -0.4 is 9.47 Å². The molecule has 150 valence electrons. The summed E-state index contributed by atoms with van der Waals surface area (Å²) in [6.45, 7) is 0. The molecule has 0 N–H and O–H groups in total. The third kappa shape index (κ3) is 4.35. The molecular formula is C17H12F5NO4S. The van der Waals surface area contributed by atoms with E-state index in [0.29, 0.717) is 34.9 Å². The molecule has 11 heteroatoms. The van der Waals surface area contributed by atoms with Gasteiger partial charge in [-0.15, -0.1) is 0 Å². The first-order valence-electron chi connectivity index (χ1n) is 7.42. The molecule has 0 amide bonds. The Kier molecular flexibility index (Phi) is 6.84. The van der Waals surface area contributed by atoms with Crippen molar-refractivity contribution in [1.82, 2.24) is 0 Å². The Labute approximate surface area is 159 Å². The highest BCUT2D eigenvalue weighted by atomic mass is 32.2. The van der Waals surface area contributed by atoms with Crippen LogP contribution in [0.3, 0.4) is 0 Å². The number of rotatable bonds is 7. The van der Waals surface area contributed by atoms with E-state index in [-0.39, 0.29) is 5.75 Å². The van der Waals surface area contributed by atoms with Crippen LogP contribution in [0.2, 0.25) is 0 Å². The number of methoxy groups -OCH3 is 2. The SMILES string of the molecule is COc1ccc(CS/C(=C/c2c(F)c(F)c(F)c(F)c2F)[N+](=O)[O-])cc1OC. The Morgan fingerprint density at radius 1 is 1.00 bits per heavy atom. The molecule has 0 aliphatic carbocycles. The van der Waals surface area contributed by atoms with Gasteiger partial charge in [0.05, 0.1) is 24.7 Å². The zero-order valence-electron chi connectivity index (χ0n) is 14.4. The second-order valence-electron chi connectivity index (χ2n) is 5.20. The van der Waals surface area contributed by atoms with Crippen molar-refractivity contribution < 1.29 is 36.3 Å². The van der Waals surface area contributed by atoms with E-state index in [1.54, 1.807) is 12.1 Å². The van der Waals surface area contributed by atoms with Crippen molar-refractivity contribution in [3.8, 4) is 11.5 Å². The Hall–Kier alpha value is -2.82. The molecule has 0 spiro atoms. The Morgan fingerprint density at radius 3 is 2.04 bits per heavy atom. The number of hydrogen-bond acceptors (Lipinski definition) is 5. The van der Waals surface area contributed by atoms with Crippen LogP contribution >= 0.6 is 11.8 Å². The van der Waals surface area contributed by atoms with Crippen molar-refractivity contribution in [2.24, 2.45) is 0 Å². The number of ether oxygens (including phenoxy) is 2. The number of benzene rings is 2. The average molecular weight is 421 g/mol. The molecule has 0 radical (unpaired) electrons. The lowest BCUT2D eigenvalue weighted by Crippen LogP contribution is -2.05. The smallest absolute Gasteiger partial charge is 0.304 e. The number of nitrogens with zero attached hydrogens (tertiary/aromatic N) is 1. The molecule has 0 aliphatic rings. The maximum Gasteiger partial charge on any atom is 0.304 e. The first kappa shape index (κ1) is 21.5. The van der Waals surface area contributed by atoms with Gasteiger partial charge in [0.2, 0.25) is 5.82 Å². The maximum absolute atomic E-state index is 13.7. The summed E-state index contributed by atoms with van der Waals surface area (Å²) in [5.74, 6) is -10.3. The monoisotopic (exact) mass is 421 g/mol. The highest BCUT2D eigenvalue weighted by molar-refractivity contribution is 8.02. The Bertz CT molecular complexity index is 923. The molecule has 2 aromatic carbocycles. The van der Waals surface area contributed by atoms with Crippen LogP contribution in [0, 0.1) is 39.2 Å². The first-order chi connectivity index (χ1) is 13.2. The minimum atomic E-state index is -2.34. The zero-order valence-corrected chi connectivity index (χ0v) is 15.2. The fraction of sp³-hybridized carbons (Fsp3) is 0.176. The van der Waals surface area contributed by atoms with Gasteiger partial charge in [0.15, 0.2) is 34.8 Å². The fourth-order valence-corrected chi connectivity index (χ4v) is 2.95. The van der Waals surface area contributed by atoms with Crippen molar-refractivity contribution in [1.29, 1.82) is 0 Å². The van der Waals surface area contributed by atoms with E-state index < -0.39 is 44.6 Å². The minimum absolute atomic E-state index is 0.0391. The summed E-state index contributed by atoms with van der Waals surface area (Å²) < 4.78 is 77.3. The van der Waals surface area contributed by atoms with E-state index in [4.69, 9.17) is 9.47 Å². The van der Waals surface area contributed by atoms with E-state index in [0.717, 1.165) is 0 Å². The van der Waals surface area contributed by atoms with Gasteiger partial charge in [-0.3, -0.25) is 10.1 Å². The summed E-state index contributed by atoms with van der Waals surface area (Å²) >= 11 is 0.537. The first-order valence-corrected chi connectivity index (χ1v) is 8.41. The standard InChI is InChI=1S/C17H12F5NO4S/c1-26-10-4-3-8(5-11(10)27-2)7-28-12(23(24)25)6-9-13(18)15(20)17(22)16(21)14(9)19/h3-6H,7H2,1-2H3/b12-6+. The number of thioether (sulfide) groups is 1. The molecule has 28 heavy (non-hydrogen) atoms.